The summed E-state index contributed by atoms with van der Waals surface area (Å²) in [4.78, 5) is 0. The minimum atomic E-state index is 0.376. The Kier molecular flexibility index (Phi) is 6.88. The van der Waals surface area contributed by atoms with Crippen molar-refractivity contribution in [1.82, 2.24) is 0 Å². The van der Waals surface area contributed by atoms with E-state index >= 15 is 0 Å². The van der Waals surface area contributed by atoms with Crippen molar-refractivity contribution in [3.05, 3.63) is 193 Å². The highest BCUT2D eigenvalue weighted by molar-refractivity contribution is 6.04. The zero-order valence-electron chi connectivity index (χ0n) is 27.9. The van der Waals surface area contributed by atoms with Crippen molar-refractivity contribution >= 4 is 44.0 Å². The van der Waals surface area contributed by atoms with E-state index in [0.29, 0.717) is 11.8 Å². The van der Waals surface area contributed by atoms with Crippen molar-refractivity contribution in [2.45, 2.75) is 12.8 Å². The van der Waals surface area contributed by atoms with Gasteiger partial charge >= 0.3 is 0 Å². The molecule has 7 aromatic carbocycles. The lowest BCUT2D eigenvalue weighted by Gasteiger charge is -2.25. The molecule has 236 valence electrons. The molecule has 2 atom stereocenters. The Morgan fingerprint density at radius 2 is 0.980 bits per heavy atom. The SMILES string of the molecule is C1=CC2C=CC(c3cc4cc(-c5ccc6ccccc6c5)c(-c5ccc6ccccc6c5)cc4cc3-c3ccc4c(c3)CCC=C4)=CC2C=C1. The molecule has 3 aliphatic carbocycles. The maximum Gasteiger partial charge on any atom is 0.00567 e. The molecule has 0 amide bonds. The van der Waals surface area contributed by atoms with E-state index in [2.05, 4.69) is 182 Å². The summed E-state index contributed by atoms with van der Waals surface area (Å²) in [5.74, 6) is 0.799. The Hall–Kier alpha value is -5.98. The second kappa shape index (κ2) is 11.9. The van der Waals surface area contributed by atoms with Gasteiger partial charge in [0, 0.05) is 11.8 Å². The lowest BCUT2D eigenvalue weighted by Crippen LogP contribution is -2.11. The minimum Gasteiger partial charge on any atom is -0.0836 e. The Labute approximate surface area is 293 Å². The molecule has 0 N–H and O–H groups in total. The second-order valence-corrected chi connectivity index (χ2v) is 14.0. The van der Waals surface area contributed by atoms with Gasteiger partial charge in [0.1, 0.15) is 0 Å². The zero-order chi connectivity index (χ0) is 33.0. The van der Waals surface area contributed by atoms with Crippen LogP contribution in [-0.4, -0.2) is 0 Å². The fourth-order valence-corrected chi connectivity index (χ4v) is 8.28. The number of hydrogen-bond donors (Lipinski definition) is 0. The summed E-state index contributed by atoms with van der Waals surface area (Å²) < 4.78 is 0. The molecule has 0 spiro atoms. The zero-order valence-corrected chi connectivity index (χ0v) is 27.9. The lowest BCUT2D eigenvalue weighted by molar-refractivity contribution is 0.663. The van der Waals surface area contributed by atoms with Crippen LogP contribution in [0.4, 0.5) is 0 Å². The van der Waals surface area contributed by atoms with Crippen LogP contribution in [0, 0.1) is 11.8 Å². The third-order valence-corrected chi connectivity index (χ3v) is 11.0. The predicted octanol–water partition coefficient (Wildman–Crippen LogP) is 13.4. The van der Waals surface area contributed by atoms with Crippen LogP contribution < -0.4 is 0 Å². The van der Waals surface area contributed by atoms with Crippen LogP contribution in [-0.2, 0) is 6.42 Å². The minimum absolute atomic E-state index is 0.376. The van der Waals surface area contributed by atoms with Crippen molar-refractivity contribution in [2.75, 3.05) is 0 Å². The van der Waals surface area contributed by atoms with Gasteiger partial charge in [-0.05, 0) is 137 Å². The van der Waals surface area contributed by atoms with Gasteiger partial charge in [0.15, 0.2) is 0 Å². The van der Waals surface area contributed by atoms with Crippen LogP contribution in [0.1, 0.15) is 23.1 Å². The average Bonchev–Trinajstić information content (AvgIpc) is 3.19. The highest BCUT2D eigenvalue weighted by Gasteiger charge is 2.22. The molecule has 2 unspecified atom stereocenters. The standard InChI is InChI=1S/C50H36/c1-5-13-37-25-41(21-17-33(37)9-1)47-29-45-31-49(43-23-19-35-11-3-7-15-39(35)27-43)50(44-24-20-36-12-4-8-16-40(36)28-44)32-46(45)30-48(47)42-22-18-34-10-2-6-14-38(34)26-42/h1-7,9-15,17-32,35,39H,8,16H2. The van der Waals surface area contributed by atoms with Crippen LogP contribution in [0.3, 0.4) is 0 Å². The number of fused-ring (bicyclic) bond motifs is 5. The molecular formula is C50H36. The van der Waals surface area contributed by atoms with Crippen molar-refractivity contribution in [2.24, 2.45) is 11.8 Å². The molecule has 0 aliphatic heterocycles. The smallest absolute Gasteiger partial charge is 0.00567 e. The van der Waals surface area contributed by atoms with E-state index in [1.54, 1.807) is 0 Å². The first-order chi connectivity index (χ1) is 24.7. The van der Waals surface area contributed by atoms with Gasteiger partial charge in [0.2, 0.25) is 0 Å². The van der Waals surface area contributed by atoms with Crippen molar-refractivity contribution in [3.8, 4) is 33.4 Å². The largest absolute Gasteiger partial charge is 0.0836 e. The summed E-state index contributed by atoms with van der Waals surface area (Å²) in [6, 6.07) is 48.0. The molecule has 3 aliphatic rings. The molecule has 0 aromatic heterocycles. The van der Waals surface area contributed by atoms with Gasteiger partial charge in [-0.1, -0.05) is 146 Å². The van der Waals surface area contributed by atoms with Crippen LogP contribution in [0.15, 0.2) is 176 Å². The molecule has 10 rings (SSSR count). The Morgan fingerprint density at radius 3 is 1.66 bits per heavy atom. The van der Waals surface area contributed by atoms with Gasteiger partial charge in [-0.2, -0.15) is 0 Å². The van der Waals surface area contributed by atoms with Crippen molar-refractivity contribution in [1.29, 1.82) is 0 Å². The first kappa shape index (κ1) is 29.0. The van der Waals surface area contributed by atoms with E-state index in [1.807, 2.05) is 0 Å². The normalized spacial score (nSPS) is 17.6. The van der Waals surface area contributed by atoms with Gasteiger partial charge < -0.3 is 0 Å². The summed E-state index contributed by atoms with van der Waals surface area (Å²) in [7, 11) is 0. The summed E-state index contributed by atoms with van der Waals surface area (Å²) >= 11 is 0. The van der Waals surface area contributed by atoms with Gasteiger partial charge in [0.05, 0.1) is 0 Å². The van der Waals surface area contributed by atoms with E-state index in [1.165, 1.54) is 88.0 Å². The Balaban J connectivity index is 1.23. The Morgan fingerprint density at radius 1 is 0.420 bits per heavy atom. The highest BCUT2D eigenvalue weighted by Crippen LogP contribution is 2.43. The molecule has 0 heteroatoms. The lowest BCUT2D eigenvalue weighted by atomic mass is 9.79. The fraction of sp³-hybridized carbons (Fsp3) is 0.0800. The van der Waals surface area contributed by atoms with Crippen LogP contribution >= 0.6 is 0 Å². The highest BCUT2D eigenvalue weighted by atomic mass is 14.3. The maximum atomic E-state index is 2.48. The average molecular weight is 637 g/mol. The van der Waals surface area contributed by atoms with E-state index in [0.717, 1.165) is 12.8 Å². The monoisotopic (exact) mass is 636 g/mol. The molecule has 0 fully saturated rings. The topological polar surface area (TPSA) is 0 Å². The van der Waals surface area contributed by atoms with Gasteiger partial charge in [-0.15, -0.1) is 0 Å². The number of benzene rings is 7. The van der Waals surface area contributed by atoms with E-state index in [9.17, 15) is 0 Å². The molecule has 0 heterocycles. The van der Waals surface area contributed by atoms with Gasteiger partial charge in [-0.3, -0.25) is 0 Å². The number of rotatable bonds is 4. The summed E-state index contributed by atoms with van der Waals surface area (Å²) in [6.45, 7) is 0. The molecule has 0 nitrogen and oxygen atoms in total. The van der Waals surface area contributed by atoms with Crippen LogP contribution in [0.5, 0.6) is 0 Å². The van der Waals surface area contributed by atoms with Crippen LogP contribution in [0.2, 0.25) is 0 Å². The number of hydrogen-bond acceptors (Lipinski definition) is 0. The molecular weight excluding hydrogens is 601 g/mol. The quantitative estimate of drug-likeness (QED) is 0.180. The number of aryl methyl sites for hydroxylation is 1. The number of allylic oxidation sites excluding steroid dienone is 9. The van der Waals surface area contributed by atoms with Crippen molar-refractivity contribution < 1.29 is 0 Å². The van der Waals surface area contributed by atoms with E-state index in [4.69, 9.17) is 0 Å². The van der Waals surface area contributed by atoms with Gasteiger partial charge in [0.25, 0.3) is 0 Å². The third kappa shape index (κ3) is 5.08. The third-order valence-electron chi connectivity index (χ3n) is 11.0. The van der Waals surface area contributed by atoms with Crippen LogP contribution in [0.25, 0.3) is 77.3 Å². The summed E-state index contributed by atoms with van der Waals surface area (Å²) in [5.41, 5.74) is 12.9. The van der Waals surface area contributed by atoms with Crippen molar-refractivity contribution in [3.63, 3.8) is 0 Å². The molecule has 0 saturated heterocycles. The maximum absolute atomic E-state index is 2.48. The summed E-state index contributed by atoms with van der Waals surface area (Å²) in [6.07, 6.45) is 23.0. The molecule has 7 aromatic rings. The van der Waals surface area contributed by atoms with Gasteiger partial charge in [-0.25, -0.2) is 0 Å². The fourth-order valence-electron chi connectivity index (χ4n) is 8.28. The first-order valence-electron chi connectivity index (χ1n) is 17.9. The molecule has 50 heavy (non-hydrogen) atoms. The van der Waals surface area contributed by atoms with E-state index in [-0.39, 0.29) is 0 Å². The summed E-state index contributed by atoms with van der Waals surface area (Å²) in [5, 5.41) is 7.56. The Bertz CT molecular complexity index is 2650. The van der Waals surface area contributed by atoms with E-state index < -0.39 is 0 Å². The first-order valence-corrected chi connectivity index (χ1v) is 17.9. The predicted molar refractivity (Wildman–Crippen MR) is 215 cm³/mol. The molecule has 0 saturated carbocycles. The second-order valence-electron chi connectivity index (χ2n) is 14.0. The molecule has 0 bridgehead atoms. The molecule has 0 radical (unpaired) electrons.